The lowest BCUT2D eigenvalue weighted by Gasteiger charge is -2.22. The molecule has 1 N–H and O–H groups in total. The van der Waals surface area contributed by atoms with Crippen molar-refractivity contribution in [2.45, 2.75) is 45.8 Å². The SMILES string of the molecule is CCOC(=O)[C@@H](NC(=O)OCc1ccccc1)[C@H]1CC[C@@H](C)C1. The minimum atomic E-state index is -0.622. The van der Waals surface area contributed by atoms with Crippen LogP contribution in [0.15, 0.2) is 30.3 Å². The summed E-state index contributed by atoms with van der Waals surface area (Å²) in [6.07, 6.45) is 2.33. The second-order valence-electron chi connectivity index (χ2n) is 6.11. The fourth-order valence-corrected chi connectivity index (χ4v) is 3.05. The molecule has 0 radical (unpaired) electrons. The number of benzene rings is 1. The fraction of sp³-hybridized carbons (Fsp3) is 0.556. The third kappa shape index (κ3) is 5.27. The maximum absolute atomic E-state index is 12.2. The molecule has 1 aromatic rings. The van der Waals surface area contributed by atoms with E-state index in [0.717, 1.165) is 24.8 Å². The van der Waals surface area contributed by atoms with Crippen LogP contribution in [0.5, 0.6) is 0 Å². The molecule has 1 saturated carbocycles. The van der Waals surface area contributed by atoms with E-state index in [1.165, 1.54) is 0 Å². The molecule has 3 atom stereocenters. The number of amides is 1. The van der Waals surface area contributed by atoms with Gasteiger partial charge in [-0.05, 0) is 37.2 Å². The van der Waals surface area contributed by atoms with Gasteiger partial charge >= 0.3 is 12.1 Å². The minimum Gasteiger partial charge on any atom is -0.464 e. The first-order valence-electron chi connectivity index (χ1n) is 8.24. The number of alkyl carbamates (subject to hydrolysis) is 1. The highest BCUT2D eigenvalue weighted by atomic mass is 16.6. The average Bonchev–Trinajstić information content (AvgIpc) is 2.98. The van der Waals surface area contributed by atoms with Crippen LogP contribution < -0.4 is 5.32 Å². The zero-order chi connectivity index (χ0) is 16.7. The topological polar surface area (TPSA) is 64.6 Å². The summed E-state index contributed by atoms with van der Waals surface area (Å²) < 4.78 is 10.3. The van der Waals surface area contributed by atoms with Crippen molar-refractivity contribution in [3.63, 3.8) is 0 Å². The lowest BCUT2D eigenvalue weighted by Crippen LogP contribution is -2.46. The van der Waals surface area contributed by atoms with E-state index in [2.05, 4.69) is 12.2 Å². The Morgan fingerprint density at radius 2 is 1.96 bits per heavy atom. The van der Waals surface area contributed by atoms with Crippen molar-refractivity contribution in [2.24, 2.45) is 11.8 Å². The van der Waals surface area contributed by atoms with Crippen LogP contribution in [0.2, 0.25) is 0 Å². The van der Waals surface area contributed by atoms with E-state index in [9.17, 15) is 9.59 Å². The molecule has 2 rings (SSSR count). The van der Waals surface area contributed by atoms with Crippen LogP contribution in [0, 0.1) is 11.8 Å². The number of hydrogen-bond donors (Lipinski definition) is 1. The van der Waals surface area contributed by atoms with Crippen LogP contribution in [0.4, 0.5) is 4.79 Å². The number of carbonyl (C=O) groups is 2. The van der Waals surface area contributed by atoms with Gasteiger partial charge in [0, 0.05) is 0 Å². The van der Waals surface area contributed by atoms with Crippen molar-refractivity contribution < 1.29 is 19.1 Å². The molecule has 0 aromatic heterocycles. The molecule has 0 bridgehead atoms. The van der Waals surface area contributed by atoms with E-state index < -0.39 is 12.1 Å². The van der Waals surface area contributed by atoms with E-state index in [-0.39, 0.29) is 18.5 Å². The van der Waals surface area contributed by atoms with Crippen LogP contribution in [0.1, 0.15) is 38.7 Å². The summed E-state index contributed by atoms with van der Waals surface area (Å²) in [5, 5.41) is 2.70. The van der Waals surface area contributed by atoms with Gasteiger partial charge in [-0.2, -0.15) is 0 Å². The Kier molecular flexibility index (Phi) is 6.44. The van der Waals surface area contributed by atoms with Gasteiger partial charge in [-0.25, -0.2) is 9.59 Å². The van der Waals surface area contributed by atoms with Crippen LogP contribution in [0.3, 0.4) is 0 Å². The maximum atomic E-state index is 12.2. The van der Waals surface area contributed by atoms with Gasteiger partial charge in [0.1, 0.15) is 12.6 Å². The Morgan fingerprint density at radius 3 is 2.57 bits per heavy atom. The van der Waals surface area contributed by atoms with Gasteiger partial charge in [-0.3, -0.25) is 0 Å². The highest BCUT2D eigenvalue weighted by Crippen LogP contribution is 2.33. The zero-order valence-corrected chi connectivity index (χ0v) is 13.8. The summed E-state index contributed by atoms with van der Waals surface area (Å²) >= 11 is 0. The van der Waals surface area contributed by atoms with Gasteiger partial charge < -0.3 is 14.8 Å². The van der Waals surface area contributed by atoms with Crippen LogP contribution in [0.25, 0.3) is 0 Å². The lowest BCUT2D eigenvalue weighted by molar-refractivity contribution is -0.147. The standard InChI is InChI=1S/C18H25NO4/c1-3-22-17(20)16(15-10-9-13(2)11-15)19-18(21)23-12-14-7-5-4-6-8-14/h4-8,13,15-16H,3,9-12H2,1-2H3,(H,19,21)/t13-,15+,16+/m1/s1. The summed E-state index contributed by atoms with van der Waals surface area (Å²) in [5.41, 5.74) is 0.907. The first kappa shape index (κ1) is 17.3. The second-order valence-corrected chi connectivity index (χ2v) is 6.11. The summed E-state index contributed by atoms with van der Waals surface area (Å²) in [7, 11) is 0. The van der Waals surface area contributed by atoms with Gasteiger partial charge in [0.05, 0.1) is 6.61 Å². The predicted molar refractivity (Wildman–Crippen MR) is 86.7 cm³/mol. The molecule has 1 aliphatic carbocycles. The molecule has 0 aliphatic heterocycles. The molecule has 5 heteroatoms. The summed E-state index contributed by atoms with van der Waals surface area (Å²) in [5.74, 6) is 0.315. The largest absolute Gasteiger partial charge is 0.464 e. The molecule has 1 fully saturated rings. The zero-order valence-electron chi connectivity index (χ0n) is 13.8. The minimum absolute atomic E-state index is 0.119. The summed E-state index contributed by atoms with van der Waals surface area (Å²) in [4.78, 5) is 24.2. The highest BCUT2D eigenvalue weighted by molar-refractivity contribution is 5.81. The normalized spacial score (nSPS) is 21.5. The molecular formula is C18H25NO4. The Hall–Kier alpha value is -2.04. The average molecular weight is 319 g/mol. The van der Waals surface area contributed by atoms with Crippen molar-refractivity contribution in [1.29, 1.82) is 0 Å². The maximum Gasteiger partial charge on any atom is 0.408 e. The van der Waals surface area contributed by atoms with Crippen molar-refractivity contribution in [3.05, 3.63) is 35.9 Å². The summed E-state index contributed by atoms with van der Waals surface area (Å²) in [6, 6.07) is 8.82. The second kappa shape index (κ2) is 8.56. The van der Waals surface area contributed by atoms with Crippen LogP contribution in [-0.4, -0.2) is 24.7 Å². The third-order valence-corrected chi connectivity index (χ3v) is 4.23. The number of carbonyl (C=O) groups excluding carboxylic acids is 2. The third-order valence-electron chi connectivity index (χ3n) is 4.23. The number of nitrogens with one attached hydrogen (secondary N) is 1. The Balaban J connectivity index is 1.91. The van der Waals surface area contributed by atoms with Crippen LogP contribution in [-0.2, 0) is 20.9 Å². The van der Waals surface area contributed by atoms with Gasteiger partial charge in [0.2, 0.25) is 0 Å². The fourth-order valence-electron chi connectivity index (χ4n) is 3.05. The quantitative estimate of drug-likeness (QED) is 0.817. The molecule has 0 heterocycles. The van der Waals surface area contributed by atoms with Crippen molar-refractivity contribution in [2.75, 3.05) is 6.61 Å². The van der Waals surface area contributed by atoms with Crippen molar-refractivity contribution in [3.8, 4) is 0 Å². The first-order valence-corrected chi connectivity index (χ1v) is 8.24. The number of esters is 1. The number of rotatable bonds is 6. The molecule has 1 amide bonds. The molecule has 1 aromatic carbocycles. The van der Waals surface area contributed by atoms with E-state index in [4.69, 9.17) is 9.47 Å². The molecule has 1 aliphatic rings. The van der Waals surface area contributed by atoms with Gasteiger partial charge in [-0.15, -0.1) is 0 Å². The summed E-state index contributed by atoms with van der Waals surface area (Å²) in [6.45, 7) is 4.41. The number of hydrogen-bond acceptors (Lipinski definition) is 4. The number of ether oxygens (including phenoxy) is 2. The Bertz CT molecular complexity index is 517. The van der Waals surface area contributed by atoms with Gasteiger partial charge in [-0.1, -0.05) is 43.7 Å². The molecule has 0 saturated heterocycles. The Labute approximate surface area is 137 Å². The molecule has 0 unspecified atom stereocenters. The van der Waals surface area contributed by atoms with Gasteiger partial charge in [0.15, 0.2) is 0 Å². The smallest absolute Gasteiger partial charge is 0.408 e. The molecule has 0 spiro atoms. The predicted octanol–water partition coefficient (Wildman–Crippen LogP) is 3.28. The lowest BCUT2D eigenvalue weighted by atomic mass is 9.97. The van der Waals surface area contributed by atoms with Crippen molar-refractivity contribution >= 4 is 12.1 Å². The Morgan fingerprint density at radius 1 is 1.22 bits per heavy atom. The van der Waals surface area contributed by atoms with E-state index >= 15 is 0 Å². The van der Waals surface area contributed by atoms with E-state index in [1.54, 1.807) is 6.92 Å². The first-order chi connectivity index (χ1) is 11.1. The monoisotopic (exact) mass is 319 g/mol. The van der Waals surface area contributed by atoms with Gasteiger partial charge in [0.25, 0.3) is 0 Å². The van der Waals surface area contributed by atoms with E-state index in [1.807, 2.05) is 30.3 Å². The molecule has 126 valence electrons. The highest BCUT2D eigenvalue weighted by Gasteiger charge is 2.35. The molecule has 5 nitrogen and oxygen atoms in total. The van der Waals surface area contributed by atoms with Crippen LogP contribution >= 0.6 is 0 Å². The van der Waals surface area contributed by atoms with E-state index in [0.29, 0.717) is 12.5 Å². The van der Waals surface area contributed by atoms with Crippen molar-refractivity contribution in [1.82, 2.24) is 5.32 Å². The molecule has 23 heavy (non-hydrogen) atoms. The molecular weight excluding hydrogens is 294 g/mol.